The fraction of sp³-hybridized carbons (Fsp3) is 0.143. The molecule has 0 aliphatic rings. The summed E-state index contributed by atoms with van der Waals surface area (Å²) in [6.07, 6.45) is 4.22. The molecule has 0 spiro atoms. The van der Waals surface area contributed by atoms with Crippen molar-refractivity contribution in [1.29, 1.82) is 5.41 Å². The highest BCUT2D eigenvalue weighted by molar-refractivity contribution is 7.80. The van der Waals surface area contributed by atoms with Gasteiger partial charge in [-0.05, 0) is 0 Å². The summed E-state index contributed by atoms with van der Waals surface area (Å²) in [4.78, 5) is 6.85. The van der Waals surface area contributed by atoms with Crippen molar-refractivity contribution in [3.8, 4) is 0 Å². The summed E-state index contributed by atoms with van der Waals surface area (Å²) in [6, 6.07) is 0. The number of allylic oxidation sites excluding steroid dienone is 1. The average molecular weight is 183 g/mol. The molecule has 0 fully saturated rings. The summed E-state index contributed by atoms with van der Waals surface area (Å²) in [7, 11) is 1.52. The van der Waals surface area contributed by atoms with Crippen molar-refractivity contribution in [1.82, 2.24) is 9.97 Å². The first kappa shape index (κ1) is 8.86. The summed E-state index contributed by atoms with van der Waals surface area (Å²) in [5, 5.41) is 7.52. The van der Waals surface area contributed by atoms with Crippen LogP contribution in [0.15, 0.2) is 17.3 Å². The second-order valence-corrected chi connectivity index (χ2v) is 2.50. The molecule has 0 atom stereocenters. The largest absolute Gasteiger partial charge is 0.493 e. The number of aromatic amines is 1. The zero-order valence-corrected chi connectivity index (χ0v) is 7.43. The number of methoxy groups -OCH3 is 1. The van der Waals surface area contributed by atoms with Crippen LogP contribution in [-0.2, 0) is 4.74 Å². The Morgan fingerprint density at radius 1 is 1.83 bits per heavy atom. The third-order valence-corrected chi connectivity index (χ3v) is 1.48. The monoisotopic (exact) mass is 183 g/mol. The predicted molar refractivity (Wildman–Crippen MR) is 49.6 cm³/mol. The predicted octanol–water partition coefficient (Wildman–Crippen LogP) is 1.34. The van der Waals surface area contributed by atoms with Gasteiger partial charge in [-0.15, -0.1) is 12.6 Å². The molecule has 12 heavy (non-hydrogen) atoms. The number of thiol groups is 1. The van der Waals surface area contributed by atoms with Crippen molar-refractivity contribution in [2.75, 3.05) is 7.11 Å². The van der Waals surface area contributed by atoms with E-state index in [1.54, 1.807) is 6.20 Å². The zero-order chi connectivity index (χ0) is 8.97. The molecule has 5 heteroatoms. The van der Waals surface area contributed by atoms with Crippen molar-refractivity contribution >= 4 is 24.6 Å². The Bertz CT molecular complexity index is 305. The quantitative estimate of drug-likeness (QED) is 0.376. The van der Waals surface area contributed by atoms with Gasteiger partial charge in [0.25, 0.3) is 0 Å². The van der Waals surface area contributed by atoms with Gasteiger partial charge in [0.15, 0.2) is 11.6 Å². The van der Waals surface area contributed by atoms with Crippen molar-refractivity contribution in [2.24, 2.45) is 0 Å². The number of hydrogen-bond acceptors (Lipinski definition) is 4. The molecular weight excluding hydrogens is 174 g/mol. The Morgan fingerprint density at radius 2 is 2.58 bits per heavy atom. The molecule has 0 saturated heterocycles. The minimum Gasteiger partial charge on any atom is -0.493 e. The van der Waals surface area contributed by atoms with Gasteiger partial charge in [0.1, 0.15) is 0 Å². The second-order valence-electron chi connectivity index (χ2n) is 2.02. The third-order valence-electron chi connectivity index (χ3n) is 1.25. The molecule has 1 aromatic heterocycles. The highest BCUT2D eigenvalue weighted by atomic mass is 32.1. The molecule has 0 aliphatic heterocycles. The van der Waals surface area contributed by atoms with Crippen LogP contribution in [0.1, 0.15) is 5.82 Å². The van der Waals surface area contributed by atoms with Crippen LogP contribution in [0.25, 0.3) is 5.76 Å². The van der Waals surface area contributed by atoms with Gasteiger partial charge < -0.3 is 15.1 Å². The van der Waals surface area contributed by atoms with Gasteiger partial charge >= 0.3 is 0 Å². The lowest BCUT2D eigenvalue weighted by Crippen LogP contribution is -1.90. The normalized spacial score (nSPS) is 11.3. The van der Waals surface area contributed by atoms with Gasteiger partial charge in [-0.25, -0.2) is 4.98 Å². The molecule has 0 aliphatic carbocycles. The Morgan fingerprint density at radius 3 is 3.00 bits per heavy atom. The molecule has 4 nitrogen and oxygen atoms in total. The first-order valence-electron chi connectivity index (χ1n) is 3.27. The summed E-state index contributed by atoms with van der Waals surface area (Å²) in [5.41, 5.74) is 0. The van der Waals surface area contributed by atoms with Crippen molar-refractivity contribution in [3.63, 3.8) is 0 Å². The molecule has 1 rings (SSSR count). The number of imidazole rings is 1. The Kier molecular flexibility index (Phi) is 2.93. The van der Waals surface area contributed by atoms with Gasteiger partial charge in [0.05, 0.1) is 18.3 Å². The number of nitrogens with one attached hydrogen (secondary N) is 2. The van der Waals surface area contributed by atoms with Crippen molar-refractivity contribution < 1.29 is 4.74 Å². The lowest BCUT2D eigenvalue weighted by molar-refractivity contribution is 0.367. The van der Waals surface area contributed by atoms with E-state index in [0.717, 1.165) is 6.21 Å². The van der Waals surface area contributed by atoms with E-state index in [0.29, 0.717) is 16.6 Å². The number of nitrogens with zero attached hydrogens (tertiary/aromatic N) is 1. The van der Waals surface area contributed by atoms with E-state index in [4.69, 9.17) is 10.1 Å². The molecular formula is C7H9N3OS. The summed E-state index contributed by atoms with van der Waals surface area (Å²) in [5.74, 6) is 1.09. The highest BCUT2D eigenvalue weighted by Crippen LogP contribution is 2.11. The standard InChI is InChI=1S/C7H9N3OS/c1-11-5(2-3-8)7-9-4-6(12)10-7/h2-4,8,12H,1H3,(H,9,10)/b5-2+,8-3?. The van der Waals surface area contributed by atoms with Crippen LogP contribution in [-0.4, -0.2) is 23.3 Å². The maximum absolute atomic E-state index is 6.85. The minimum absolute atomic E-state index is 0.519. The molecule has 0 unspecified atom stereocenters. The number of ether oxygens (including phenoxy) is 1. The zero-order valence-electron chi connectivity index (χ0n) is 6.53. The molecule has 64 valence electrons. The molecule has 0 saturated carbocycles. The molecule has 0 aromatic carbocycles. The first-order valence-corrected chi connectivity index (χ1v) is 3.71. The molecule has 1 heterocycles. The van der Waals surface area contributed by atoms with Crippen LogP contribution in [0.3, 0.4) is 0 Å². The lowest BCUT2D eigenvalue weighted by Gasteiger charge is -1.99. The van der Waals surface area contributed by atoms with E-state index >= 15 is 0 Å². The van der Waals surface area contributed by atoms with E-state index < -0.39 is 0 Å². The fourth-order valence-electron chi connectivity index (χ4n) is 0.756. The van der Waals surface area contributed by atoms with Crippen LogP contribution in [0.4, 0.5) is 0 Å². The molecule has 2 N–H and O–H groups in total. The van der Waals surface area contributed by atoms with E-state index in [2.05, 4.69) is 22.6 Å². The first-order chi connectivity index (χ1) is 5.77. The minimum atomic E-state index is 0.519. The van der Waals surface area contributed by atoms with Gasteiger partial charge in [-0.2, -0.15) is 0 Å². The van der Waals surface area contributed by atoms with Crippen molar-refractivity contribution in [3.05, 3.63) is 18.1 Å². The van der Waals surface area contributed by atoms with Gasteiger partial charge in [0.2, 0.25) is 0 Å². The Balaban J connectivity index is 2.94. The fourth-order valence-corrected chi connectivity index (χ4v) is 0.920. The van der Waals surface area contributed by atoms with Crippen LogP contribution in [0, 0.1) is 5.41 Å². The Labute approximate surface area is 75.6 Å². The summed E-state index contributed by atoms with van der Waals surface area (Å²) >= 11 is 4.05. The van der Waals surface area contributed by atoms with E-state index in [1.165, 1.54) is 13.2 Å². The average Bonchev–Trinajstić information content (AvgIpc) is 2.47. The molecule has 0 radical (unpaired) electrons. The smallest absolute Gasteiger partial charge is 0.173 e. The van der Waals surface area contributed by atoms with E-state index in [9.17, 15) is 0 Å². The molecule has 0 amide bonds. The van der Waals surface area contributed by atoms with Crippen LogP contribution in [0.5, 0.6) is 0 Å². The second kappa shape index (κ2) is 3.96. The lowest BCUT2D eigenvalue weighted by atomic mass is 10.4. The van der Waals surface area contributed by atoms with Gasteiger partial charge in [-0.3, -0.25) is 0 Å². The number of rotatable bonds is 3. The maximum Gasteiger partial charge on any atom is 0.173 e. The number of H-pyrrole nitrogens is 1. The van der Waals surface area contributed by atoms with E-state index in [1.807, 2.05) is 0 Å². The summed E-state index contributed by atoms with van der Waals surface area (Å²) in [6.45, 7) is 0. The van der Waals surface area contributed by atoms with Crippen LogP contribution < -0.4 is 0 Å². The molecule has 0 bridgehead atoms. The van der Waals surface area contributed by atoms with Gasteiger partial charge in [0, 0.05) is 12.3 Å². The number of hydrogen-bond donors (Lipinski definition) is 3. The third kappa shape index (κ3) is 1.88. The summed E-state index contributed by atoms with van der Waals surface area (Å²) < 4.78 is 4.97. The van der Waals surface area contributed by atoms with Crippen molar-refractivity contribution in [2.45, 2.75) is 5.03 Å². The van der Waals surface area contributed by atoms with Crippen LogP contribution >= 0.6 is 12.6 Å². The SMILES string of the molecule is CO/C(=C/C=N)c1ncc(S)[nH]1. The highest BCUT2D eigenvalue weighted by Gasteiger charge is 2.03. The maximum atomic E-state index is 6.85. The van der Waals surface area contributed by atoms with E-state index in [-0.39, 0.29) is 0 Å². The number of aromatic nitrogens is 2. The topological polar surface area (TPSA) is 61.8 Å². The van der Waals surface area contributed by atoms with Crippen LogP contribution in [0.2, 0.25) is 0 Å². The molecule has 1 aromatic rings. The Hall–Kier alpha value is -1.23. The van der Waals surface area contributed by atoms with Gasteiger partial charge in [-0.1, -0.05) is 0 Å².